The predicted molar refractivity (Wildman–Crippen MR) is 75.0 cm³/mol. The average molecular weight is 261 g/mol. The van der Waals surface area contributed by atoms with Crippen LogP contribution in [0.2, 0.25) is 0 Å². The molecule has 1 aromatic heterocycles. The second-order valence-corrected chi connectivity index (χ2v) is 5.89. The Morgan fingerprint density at radius 2 is 2.11 bits per heavy atom. The second kappa shape index (κ2) is 5.37. The van der Waals surface area contributed by atoms with Gasteiger partial charge in [0.25, 0.3) is 5.91 Å². The summed E-state index contributed by atoms with van der Waals surface area (Å²) >= 11 is 0. The van der Waals surface area contributed by atoms with Crippen molar-refractivity contribution in [3.63, 3.8) is 0 Å². The van der Waals surface area contributed by atoms with Gasteiger partial charge in [0.1, 0.15) is 5.69 Å². The van der Waals surface area contributed by atoms with Crippen molar-refractivity contribution < 1.29 is 4.79 Å². The molecule has 1 amide bonds. The summed E-state index contributed by atoms with van der Waals surface area (Å²) in [6.45, 7) is 0.675. The Hall–Kier alpha value is -1.29. The van der Waals surface area contributed by atoms with Gasteiger partial charge in [0, 0.05) is 18.3 Å². The zero-order valence-corrected chi connectivity index (χ0v) is 11.3. The van der Waals surface area contributed by atoms with E-state index in [0.29, 0.717) is 18.5 Å². The molecule has 3 rings (SSSR count). The number of hydrogen-bond donors (Lipinski definition) is 2. The van der Waals surface area contributed by atoms with E-state index >= 15 is 0 Å². The highest BCUT2D eigenvalue weighted by atomic mass is 16.2. The highest BCUT2D eigenvalue weighted by molar-refractivity contribution is 5.93. The number of rotatable bonds is 4. The molecule has 0 aliphatic heterocycles. The topological polar surface area (TPSA) is 60.0 Å². The molecule has 2 aliphatic rings. The van der Waals surface area contributed by atoms with Crippen LogP contribution in [0.3, 0.4) is 0 Å². The fourth-order valence-corrected chi connectivity index (χ4v) is 3.32. The lowest BCUT2D eigenvalue weighted by Gasteiger charge is -2.29. The number of carbonyl (C=O) groups excluding carboxylic acids is 1. The number of nitrogens with two attached hydrogens (primary N) is 1. The molecule has 2 aliphatic carbocycles. The van der Waals surface area contributed by atoms with Crippen LogP contribution in [0.25, 0.3) is 0 Å². The molecule has 2 saturated carbocycles. The predicted octanol–water partition coefficient (Wildman–Crippen LogP) is 2.07. The number of hydrogen-bond acceptors (Lipinski definition) is 2. The minimum atomic E-state index is 0.0715. The summed E-state index contributed by atoms with van der Waals surface area (Å²) in [5.74, 6) is 0.526. The van der Waals surface area contributed by atoms with Gasteiger partial charge >= 0.3 is 0 Å². The lowest BCUT2D eigenvalue weighted by atomic mass is 9.93. The van der Waals surface area contributed by atoms with Gasteiger partial charge < -0.3 is 15.6 Å². The SMILES string of the molecule is NCC1CCCC1NC(=O)c1cccn1C1CCC1. The van der Waals surface area contributed by atoms with Crippen molar-refractivity contribution in [2.45, 2.75) is 50.6 Å². The van der Waals surface area contributed by atoms with Crippen molar-refractivity contribution in [1.82, 2.24) is 9.88 Å². The maximum atomic E-state index is 12.4. The maximum absolute atomic E-state index is 12.4. The first kappa shape index (κ1) is 12.7. The van der Waals surface area contributed by atoms with Crippen LogP contribution in [0.4, 0.5) is 0 Å². The summed E-state index contributed by atoms with van der Waals surface area (Å²) in [6, 6.07) is 4.70. The van der Waals surface area contributed by atoms with Gasteiger partial charge in [-0.05, 0) is 56.7 Å². The van der Waals surface area contributed by atoms with Crippen molar-refractivity contribution >= 4 is 5.91 Å². The molecular weight excluding hydrogens is 238 g/mol. The summed E-state index contributed by atoms with van der Waals surface area (Å²) < 4.78 is 2.14. The van der Waals surface area contributed by atoms with Gasteiger partial charge in [-0.3, -0.25) is 4.79 Å². The lowest BCUT2D eigenvalue weighted by Crippen LogP contribution is -2.41. The van der Waals surface area contributed by atoms with Gasteiger partial charge in [0.05, 0.1) is 0 Å². The quantitative estimate of drug-likeness (QED) is 0.871. The standard InChI is InChI=1S/C15H23N3O/c16-10-11-4-1-7-13(11)17-15(19)14-8-3-9-18(14)12-5-2-6-12/h3,8-9,11-13H,1-2,4-7,10,16H2,(H,17,19). The third-order valence-corrected chi connectivity index (χ3v) is 4.76. The van der Waals surface area contributed by atoms with Crippen molar-refractivity contribution in [1.29, 1.82) is 0 Å². The number of aromatic nitrogens is 1. The van der Waals surface area contributed by atoms with Crippen LogP contribution in [-0.2, 0) is 0 Å². The Morgan fingerprint density at radius 1 is 1.32 bits per heavy atom. The van der Waals surface area contributed by atoms with Gasteiger partial charge in [-0.1, -0.05) is 6.42 Å². The van der Waals surface area contributed by atoms with E-state index in [1.165, 1.54) is 25.7 Å². The fraction of sp³-hybridized carbons (Fsp3) is 0.667. The van der Waals surface area contributed by atoms with Crippen molar-refractivity contribution in [2.75, 3.05) is 6.54 Å². The average Bonchev–Trinajstić information content (AvgIpc) is 2.95. The first-order valence-electron chi connectivity index (χ1n) is 7.47. The summed E-state index contributed by atoms with van der Waals surface area (Å²) in [7, 11) is 0. The second-order valence-electron chi connectivity index (χ2n) is 5.89. The van der Waals surface area contributed by atoms with Gasteiger partial charge in [-0.15, -0.1) is 0 Å². The molecule has 0 aromatic carbocycles. The molecule has 1 aromatic rings. The van der Waals surface area contributed by atoms with Gasteiger partial charge in [0.2, 0.25) is 0 Å². The Kier molecular flexibility index (Phi) is 3.60. The molecular formula is C15H23N3O. The molecule has 3 N–H and O–H groups in total. The molecule has 2 unspecified atom stereocenters. The monoisotopic (exact) mass is 261 g/mol. The van der Waals surface area contributed by atoms with E-state index in [9.17, 15) is 4.79 Å². The van der Waals surface area contributed by atoms with E-state index in [-0.39, 0.29) is 11.9 Å². The van der Waals surface area contributed by atoms with Crippen LogP contribution in [0.5, 0.6) is 0 Å². The zero-order valence-electron chi connectivity index (χ0n) is 11.3. The molecule has 2 fully saturated rings. The smallest absolute Gasteiger partial charge is 0.268 e. The molecule has 19 heavy (non-hydrogen) atoms. The van der Waals surface area contributed by atoms with Gasteiger partial charge in [-0.2, -0.15) is 0 Å². The van der Waals surface area contributed by atoms with Gasteiger partial charge in [-0.25, -0.2) is 0 Å². The van der Waals surface area contributed by atoms with Crippen LogP contribution < -0.4 is 11.1 Å². The van der Waals surface area contributed by atoms with E-state index in [0.717, 1.165) is 18.5 Å². The maximum Gasteiger partial charge on any atom is 0.268 e. The summed E-state index contributed by atoms with van der Waals surface area (Å²) in [5.41, 5.74) is 6.58. The third-order valence-electron chi connectivity index (χ3n) is 4.76. The Labute approximate surface area is 114 Å². The fourth-order valence-electron chi connectivity index (χ4n) is 3.32. The van der Waals surface area contributed by atoms with Crippen LogP contribution in [0.1, 0.15) is 55.1 Å². The summed E-state index contributed by atoms with van der Waals surface area (Å²) in [6.07, 6.45) is 9.10. The molecule has 4 nitrogen and oxygen atoms in total. The zero-order chi connectivity index (χ0) is 13.2. The largest absolute Gasteiger partial charge is 0.348 e. The van der Waals surface area contributed by atoms with Crippen LogP contribution in [0, 0.1) is 5.92 Å². The van der Waals surface area contributed by atoms with E-state index in [2.05, 4.69) is 9.88 Å². The first-order chi connectivity index (χ1) is 9.29. The molecule has 1 heterocycles. The van der Waals surface area contributed by atoms with Crippen molar-refractivity contribution in [3.8, 4) is 0 Å². The Balaban J connectivity index is 1.68. The molecule has 4 heteroatoms. The van der Waals surface area contributed by atoms with E-state index in [1.54, 1.807) is 0 Å². The third kappa shape index (κ3) is 2.41. The number of carbonyl (C=O) groups is 1. The minimum Gasteiger partial charge on any atom is -0.348 e. The summed E-state index contributed by atoms with van der Waals surface area (Å²) in [4.78, 5) is 12.4. The van der Waals surface area contributed by atoms with Crippen LogP contribution in [0.15, 0.2) is 18.3 Å². The first-order valence-corrected chi connectivity index (χ1v) is 7.47. The molecule has 104 valence electrons. The van der Waals surface area contributed by atoms with Crippen LogP contribution >= 0.6 is 0 Å². The normalized spacial score (nSPS) is 27.2. The van der Waals surface area contributed by atoms with Crippen LogP contribution in [-0.4, -0.2) is 23.1 Å². The number of nitrogens with one attached hydrogen (secondary N) is 1. The van der Waals surface area contributed by atoms with E-state index in [1.807, 2.05) is 18.3 Å². The Bertz CT molecular complexity index is 450. The molecule has 0 radical (unpaired) electrons. The van der Waals surface area contributed by atoms with Crippen molar-refractivity contribution in [3.05, 3.63) is 24.0 Å². The molecule has 0 spiro atoms. The van der Waals surface area contributed by atoms with Gasteiger partial charge in [0.15, 0.2) is 0 Å². The lowest BCUT2D eigenvalue weighted by molar-refractivity contribution is 0.0913. The molecule has 0 bridgehead atoms. The highest BCUT2D eigenvalue weighted by Gasteiger charge is 2.29. The van der Waals surface area contributed by atoms with Crippen molar-refractivity contribution in [2.24, 2.45) is 11.7 Å². The molecule has 0 saturated heterocycles. The van der Waals surface area contributed by atoms with E-state index in [4.69, 9.17) is 5.73 Å². The minimum absolute atomic E-state index is 0.0715. The number of nitrogens with zero attached hydrogens (tertiary/aromatic N) is 1. The molecule has 2 atom stereocenters. The van der Waals surface area contributed by atoms with E-state index < -0.39 is 0 Å². The summed E-state index contributed by atoms with van der Waals surface area (Å²) in [5, 5.41) is 3.19. The number of amides is 1. The Morgan fingerprint density at radius 3 is 2.79 bits per heavy atom. The highest BCUT2D eigenvalue weighted by Crippen LogP contribution is 2.33.